The van der Waals surface area contributed by atoms with Gasteiger partial charge in [-0.05, 0) is 24.3 Å². The topological polar surface area (TPSA) is 80.5 Å². The molecule has 0 atom stereocenters. The standard InChI is InChI=1S/C15H17ClN4O3/c16-12-3-1-11(2-4-12)14-18-19-15(23-14)17-13(21)5-6-20-7-9-22-10-8-20/h1-4H,5-10H2,(H,17,19,21). The van der Waals surface area contributed by atoms with Gasteiger partial charge in [0.1, 0.15) is 0 Å². The van der Waals surface area contributed by atoms with Crippen LogP contribution in [0.15, 0.2) is 28.7 Å². The summed E-state index contributed by atoms with van der Waals surface area (Å²) in [7, 11) is 0. The Morgan fingerprint density at radius 3 is 2.70 bits per heavy atom. The summed E-state index contributed by atoms with van der Waals surface area (Å²) >= 11 is 5.84. The quantitative estimate of drug-likeness (QED) is 0.900. The first-order valence-corrected chi connectivity index (χ1v) is 7.78. The van der Waals surface area contributed by atoms with E-state index < -0.39 is 0 Å². The Morgan fingerprint density at radius 1 is 1.22 bits per heavy atom. The minimum absolute atomic E-state index is 0.0990. The van der Waals surface area contributed by atoms with Crippen molar-refractivity contribution in [2.75, 3.05) is 38.2 Å². The van der Waals surface area contributed by atoms with Crippen molar-refractivity contribution < 1.29 is 13.9 Å². The molecule has 0 unspecified atom stereocenters. The molecule has 2 aromatic rings. The fourth-order valence-electron chi connectivity index (χ4n) is 2.25. The van der Waals surface area contributed by atoms with Crippen LogP contribution in [0.3, 0.4) is 0 Å². The number of hydrogen-bond acceptors (Lipinski definition) is 6. The van der Waals surface area contributed by atoms with E-state index in [-0.39, 0.29) is 11.9 Å². The number of rotatable bonds is 5. The van der Waals surface area contributed by atoms with Crippen molar-refractivity contribution in [1.29, 1.82) is 0 Å². The molecule has 0 saturated carbocycles. The number of hydrogen-bond donors (Lipinski definition) is 1. The molecule has 3 rings (SSSR count). The van der Waals surface area contributed by atoms with E-state index in [2.05, 4.69) is 20.4 Å². The summed E-state index contributed by atoms with van der Waals surface area (Å²) in [5.74, 6) is 0.188. The molecule has 0 bridgehead atoms. The Morgan fingerprint density at radius 2 is 1.96 bits per heavy atom. The normalized spacial score (nSPS) is 15.5. The molecule has 23 heavy (non-hydrogen) atoms. The molecule has 1 N–H and O–H groups in total. The van der Waals surface area contributed by atoms with Gasteiger partial charge in [-0.3, -0.25) is 15.0 Å². The van der Waals surface area contributed by atoms with Gasteiger partial charge in [-0.15, -0.1) is 5.10 Å². The third-order valence-electron chi connectivity index (χ3n) is 3.52. The highest BCUT2D eigenvalue weighted by Crippen LogP contribution is 2.21. The smallest absolute Gasteiger partial charge is 0.322 e. The lowest BCUT2D eigenvalue weighted by atomic mass is 10.2. The van der Waals surface area contributed by atoms with E-state index in [1.807, 2.05) is 0 Å². The van der Waals surface area contributed by atoms with Gasteiger partial charge in [0.25, 0.3) is 0 Å². The first-order valence-electron chi connectivity index (χ1n) is 7.40. The molecule has 0 aliphatic carbocycles. The molecular formula is C15H17ClN4O3. The number of aromatic nitrogens is 2. The van der Waals surface area contributed by atoms with Crippen molar-refractivity contribution in [2.24, 2.45) is 0 Å². The molecule has 8 heteroatoms. The van der Waals surface area contributed by atoms with Crippen LogP contribution in [0.2, 0.25) is 5.02 Å². The third-order valence-corrected chi connectivity index (χ3v) is 3.77. The number of anilines is 1. The van der Waals surface area contributed by atoms with Gasteiger partial charge in [-0.1, -0.05) is 16.7 Å². The van der Waals surface area contributed by atoms with Gasteiger partial charge in [0.05, 0.1) is 13.2 Å². The number of benzene rings is 1. The summed E-state index contributed by atoms with van der Waals surface area (Å²) in [5, 5.41) is 11.0. The van der Waals surface area contributed by atoms with E-state index >= 15 is 0 Å². The number of ether oxygens (including phenoxy) is 1. The van der Waals surface area contributed by atoms with Crippen molar-refractivity contribution in [3.05, 3.63) is 29.3 Å². The van der Waals surface area contributed by atoms with Crippen molar-refractivity contribution >= 4 is 23.5 Å². The van der Waals surface area contributed by atoms with Crippen LogP contribution in [-0.2, 0) is 9.53 Å². The summed E-state index contributed by atoms with van der Waals surface area (Å²) in [6.45, 7) is 3.84. The molecule has 0 radical (unpaired) electrons. The van der Waals surface area contributed by atoms with E-state index in [0.717, 1.165) is 31.9 Å². The van der Waals surface area contributed by atoms with E-state index in [9.17, 15) is 4.79 Å². The fourth-order valence-corrected chi connectivity index (χ4v) is 2.38. The Bertz CT molecular complexity index is 653. The summed E-state index contributed by atoms with van der Waals surface area (Å²) in [6, 6.07) is 7.13. The van der Waals surface area contributed by atoms with Crippen LogP contribution in [0, 0.1) is 0 Å². The second-order valence-corrected chi connectivity index (χ2v) is 5.61. The molecule has 2 heterocycles. The highest BCUT2D eigenvalue weighted by atomic mass is 35.5. The molecule has 0 spiro atoms. The van der Waals surface area contributed by atoms with Gasteiger partial charge in [-0.2, -0.15) is 0 Å². The largest absolute Gasteiger partial charge is 0.403 e. The van der Waals surface area contributed by atoms with E-state index in [1.54, 1.807) is 24.3 Å². The summed E-state index contributed by atoms with van der Waals surface area (Å²) < 4.78 is 10.7. The van der Waals surface area contributed by atoms with Crippen LogP contribution in [0.4, 0.5) is 6.01 Å². The van der Waals surface area contributed by atoms with Crippen LogP contribution in [-0.4, -0.2) is 53.9 Å². The lowest BCUT2D eigenvalue weighted by Crippen LogP contribution is -2.38. The first kappa shape index (κ1) is 15.9. The van der Waals surface area contributed by atoms with Crippen LogP contribution >= 0.6 is 11.6 Å². The number of nitrogens with zero attached hydrogens (tertiary/aromatic N) is 3. The highest BCUT2D eigenvalue weighted by Gasteiger charge is 2.14. The molecule has 1 aromatic carbocycles. The molecular weight excluding hydrogens is 320 g/mol. The average molecular weight is 337 g/mol. The fraction of sp³-hybridized carbons (Fsp3) is 0.400. The zero-order chi connectivity index (χ0) is 16.1. The Balaban J connectivity index is 1.51. The van der Waals surface area contributed by atoms with Gasteiger partial charge in [0.2, 0.25) is 11.8 Å². The second kappa shape index (κ2) is 7.54. The molecule has 1 aliphatic heterocycles. The average Bonchev–Trinajstić information content (AvgIpc) is 3.03. The van der Waals surface area contributed by atoms with Crippen LogP contribution < -0.4 is 5.32 Å². The maximum Gasteiger partial charge on any atom is 0.322 e. The number of amides is 1. The lowest BCUT2D eigenvalue weighted by molar-refractivity contribution is -0.116. The van der Waals surface area contributed by atoms with Crippen LogP contribution in [0.5, 0.6) is 0 Å². The van der Waals surface area contributed by atoms with Crippen molar-refractivity contribution in [1.82, 2.24) is 15.1 Å². The summed E-state index contributed by atoms with van der Waals surface area (Å²) in [5.41, 5.74) is 0.746. The maximum atomic E-state index is 11.9. The zero-order valence-electron chi connectivity index (χ0n) is 12.5. The molecule has 1 amide bonds. The first-order chi connectivity index (χ1) is 11.2. The van der Waals surface area contributed by atoms with Crippen molar-refractivity contribution in [2.45, 2.75) is 6.42 Å². The number of nitrogens with one attached hydrogen (secondary N) is 1. The third kappa shape index (κ3) is 4.51. The SMILES string of the molecule is O=C(CCN1CCOCC1)Nc1nnc(-c2ccc(Cl)cc2)o1. The van der Waals surface area contributed by atoms with Gasteiger partial charge in [0, 0.05) is 36.6 Å². The number of carbonyl (C=O) groups is 1. The van der Waals surface area contributed by atoms with Crippen LogP contribution in [0.25, 0.3) is 11.5 Å². The number of morpholine rings is 1. The van der Waals surface area contributed by atoms with Gasteiger partial charge in [-0.25, -0.2) is 0 Å². The summed E-state index contributed by atoms with van der Waals surface area (Å²) in [4.78, 5) is 14.1. The molecule has 7 nitrogen and oxygen atoms in total. The Hall–Kier alpha value is -1.96. The van der Waals surface area contributed by atoms with Crippen LogP contribution in [0.1, 0.15) is 6.42 Å². The molecule has 1 aromatic heterocycles. The molecule has 1 fully saturated rings. The molecule has 1 saturated heterocycles. The maximum absolute atomic E-state index is 11.9. The predicted octanol–water partition coefficient (Wildman–Crippen LogP) is 2.05. The van der Waals surface area contributed by atoms with E-state index in [0.29, 0.717) is 23.9 Å². The Labute approximate surface area is 138 Å². The molecule has 122 valence electrons. The highest BCUT2D eigenvalue weighted by molar-refractivity contribution is 6.30. The lowest BCUT2D eigenvalue weighted by Gasteiger charge is -2.25. The minimum Gasteiger partial charge on any atom is -0.403 e. The number of carbonyl (C=O) groups excluding carboxylic acids is 1. The van der Waals surface area contributed by atoms with Crippen molar-refractivity contribution in [3.8, 4) is 11.5 Å². The van der Waals surface area contributed by atoms with Gasteiger partial charge >= 0.3 is 6.01 Å². The summed E-state index contributed by atoms with van der Waals surface area (Å²) in [6.07, 6.45) is 0.374. The minimum atomic E-state index is -0.150. The predicted molar refractivity (Wildman–Crippen MR) is 85.2 cm³/mol. The van der Waals surface area contributed by atoms with E-state index in [1.165, 1.54) is 0 Å². The number of halogens is 1. The van der Waals surface area contributed by atoms with Gasteiger partial charge in [0.15, 0.2) is 0 Å². The van der Waals surface area contributed by atoms with Gasteiger partial charge < -0.3 is 9.15 Å². The Kier molecular flexibility index (Phi) is 5.22. The molecule has 1 aliphatic rings. The zero-order valence-corrected chi connectivity index (χ0v) is 13.3. The second-order valence-electron chi connectivity index (χ2n) is 5.17. The monoisotopic (exact) mass is 336 g/mol. The van der Waals surface area contributed by atoms with E-state index in [4.69, 9.17) is 20.8 Å². The van der Waals surface area contributed by atoms with Crippen molar-refractivity contribution in [3.63, 3.8) is 0 Å².